The molecule has 1 aliphatic rings. The zero-order valence-corrected chi connectivity index (χ0v) is 16.3. The average Bonchev–Trinajstić information content (AvgIpc) is 2.68. The summed E-state index contributed by atoms with van der Waals surface area (Å²) in [6, 6.07) is 13.4. The normalized spacial score (nSPS) is 18.2. The van der Waals surface area contributed by atoms with E-state index in [0.717, 1.165) is 5.56 Å². The molecule has 0 bridgehead atoms. The van der Waals surface area contributed by atoms with Crippen molar-refractivity contribution < 1.29 is 18.0 Å². The van der Waals surface area contributed by atoms with Crippen LogP contribution in [-0.4, -0.2) is 37.4 Å². The Bertz CT molecular complexity index is 964. The molecule has 0 amide bonds. The summed E-state index contributed by atoms with van der Waals surface area (Å²) >= 11 is 0. The van der Waals surface area contributed by atoms with Crippen LogP contribution in [0.2, 0.25) is 0 Å². The predicted octanol–water partition coefficient (Wildman–Crippen LogP) is 3.48. The molecule has 1 fully saturated rings. The van der Waals surface area contributed by atoms with Gasteiger partial charge in [0.25, 0.3) is 0 Å². The summed E-state index contributed by atoms with van der Waals surface area (Å²) < 4.78 is 27.4. The van der Waals surface area contributed by atoms with E-state index in [9.17, 15) is 18.0 Å². The van der Waals surface area contributed by atoms with E-state index in [4.69, 9.17) is 0 Å². The number of ketones is 2. The van der Waals surface area contributed by atoms with Crippen molar-refractivity contribution in [3.05, 3.63) is 65.2 Å². The quantitative estimate of drug-likeness (QED) is 0.739. The van der Waals surface area contributed by atoms with E-state index in [1.165, 1.54) is 23.4 Å². The number of rotatable bonds is 5. The van der Waals surface area contributed by atoms with Crippen molar-refractivity contribution >= 4 is 21.6 Å². The molecule has 5 nitrogen and oxygen atoms in total. The van der Waals surface area contributed by atoms with Gasteiger partial charge in [-0.15, -0.1) is 0 Å². The van der Waals surface area contributed by atoms with Crippen LogP contribution in [0, 0.1) is 12.8 Å². The molecule has 1 atom stereocenters. The molecule has 1 aliphatic heterocycles. The summed E-state index contributed by atoms with van der Waals surface area (Å²) in [6.45, 7) is 3.91. The first-order valence-corrected chi connectivity index (χ1v) is 10.4. The number of carbonyl (C=O) groups excluding carboxylic acids is 2. The molecule has 2 aromatic rings. The molecule has 0 aliphatic carbocycles. The highest BCUT2D eigenvalue weighted by molar-refractivity contribution is 7.89. The minimum atomic E-state index is -3.74. The average molecular weight is 385 g/mol. The molecule has 3 rings (SSSR count). The van der Waals surface area contributed by atoms with Gasteiger partial charge in [-0.2, -0.15) is 4.31 Å². The van der Waals surface area contributed by atoms with Gasteiger partial charge >= 0.3 is 0 Å². The zero-order chi connectivity index (χ0) is 19.6. The smallest absolute Gasteiger partial charge is 0.243 e. The monoisotopic (exact) mass is 385 g/mol. The Balaban J connectivity index is 1.82. The van der Waals surface area contributed by atoms with Gasteiger partial charge in [0, 0.05) is 30.1 Å². The van der Waals surface area contributed by atoms with E-state index in [2.05, 4.69) is 0 Å². The SMILES string of the molecule is CC(=O)c1cccc(S(=O)(=O)N2CCCC(C(=O)c3ccc(C)cc3)C2)c1. The number of nitrogens with zero attached hydrogens (tertiary/aromatic N) is 1. The van der Waals surface area contributed by atoms with E-state index in [0.29, 0.717) is 30.5 Å². The van der Waals surface area contributed by atoms with Crippen molar-refractivity contribution in [2.75, 3.05) is 13.1 Å². The summed E-state index contributed by atoms with van der Waals surface area (Å²) in [6.07, 6.45) is 1.31. The first-order chi connectivity index (χ1) is 12.8. The fourth-order valence-electron chi connectivity index (χ4n) is 3.35. The number of hydrogen-bond donors (Lipinski definition) is 0. The van der Waals surface area contributed by atoms with Gasteiger partial charge in [-0.1, -0.05) is 42.0 Å². The van der Waals surface area contributed by atoms with Crippen LogP contribution >= 0.6 is 0 Å². The van der Waals surface area contributed by atoms with E-state index in [-0.39, 0.29) is 28.9 Å². The van der Waals surface area contributed by atoms with Gasteiger partial charge < -0.3 is 0 Å². The van der Waals surface area contributed by atoms with Crippen molar-refractivity contribution in [2.45, 2.75) is 31.6 Å². The third-order valence-corrected chi connectivity index (χ3v) is 6.83. The number of benzene rings is 2. The lowest BCUT2D eigenvalue weighted by atomic mass is 9.91. The van der Waals surface area contributed by atoms with Gasteiger partial charge in [0.15, 0.2) is 11.6 Å². The number of sulfonamides is 1. The van der Waals surface area contributed by atoms with E-state index in [1.807, 2.05) is 19.1 Å². The standard InChI is InChI=1S/C21H23NO4S/c1-15-8-10-17(11-9-15)21(24)19-6-4-12-22(14-19)27(25,26)20-7-3-5-18(13-20)16(2)23/h3,5,7-11,13,19H,4,6,12,14H2,1-2H3. The van der Waals surface area contributed by atoms with Gasteiger partial charge in [0.05, 0.1) is 4.90 Å². The molecule has 0 aromatic heterocycles. The third kappa shape index (κ3) is 4.17. The molecule has 0 saturated carbocycles. The fourth-order valence-corrected chi connectivity index (χ4v) is 4.92. The molecule has 0 N–H and O–H groups in total. The first-order valence-electron chi connectivity index (χ1n) is 9.01. The summed E-state index contributed by atoms with van der Waals surface area (Å²) in [5.74, 6) is -0.558. The third-order valence-electron chi connectivity index (χ3n) is 4.97. The molecule has 1 saturated heterocycles. The van der Waals surface area contributed by atoms with Gasteiger partial charge in [-0.3, -0.25) is 9.59 Å². The molecule has 6 heteroatoms. The highest BCUT2D eigenvalue weighted by Gasteiger charge is 2.33. The minimum Gasteiger partial charge on any atom is -0.295 e. The maximum Gasteiger partial charge on any atom is 0.243 e. The lowest BCUT2D eigenvalue weighted by Gasteiger charge is -2.31. The Morgan fingerprint density at radius 2 is 1.74 bits per heavy atom. The van der Waals surface area contributed by atoms with Crippen molar-refractivity contribution in [3.8, 4) is 0 Å². The van der Waals surface area contributed by atoms with E-state index < -0.39 is 10.0 Å². The van der Waals surface area contributed by atoms with Crippen LogP contribution in [0.25, 0.3) is 0 Å². The van der Waals surface area contributed by atoms with Gasteiger partial charge in [-0.25, -0.2) is 8.42 Å². The second kappa shape index (κ2) is 7.74. The maximum atomic E-state index is 13.0. The Morgan fingerprint density at radius 3 is 2.41 bits per heavy atom. The second-order valence-electron chi connectivity index (χ2n) is 7.02. The summed E-state index contributed by atoms with van der Waals surface area (Å²) in [5, 5.41) is 0. The first kappa shape index (κ1) is 19.5. The van der Waals surface area contributed by atoms with Crippen LogP contribution < -0.4 is 0 Å². The van der Waals surface area contributed by atoms with E-state index in [1.54, 1.807) is 24.3 Å². The molecule has 0 spiro atoms. The van der Waals surface area contributed by atoms with Crippen LogP contribution in [0.15, 0.2) is 53.4 Å². The summed E-state index contributed by atoms with van der Waals surface area (Å²) in [4.78, 5) is 24.5. The van der Waals surface area contributed by atoms with Crippen molar-refractivity contribution in [1.29, 1.82) is 0 Å². The van der Waals surface area contributed by atoms with Crippen LogP contribution in [0.4, 0.5) is 0 Å². The summed E-state index contributed by atoms with van der Waals surface area (Å²) in [7, 11) is -3.74. The van der Waals surface area contributed by atoms with Crippen molar-refractivity contribution in [3.63, 3.8) is 0 Å². The molecule has 1 unspecified atom stereocenters. The highest BCUT2D eigenvalue weighted by Crippen LogP contribution is 2.26. The number of aryl methyl sites for hydroxylation is 1. The van der Waals surface area contributed by atoms with Gasteiger partial charge in [-0.05, 0) is 38.8 Å². The van der Waals surface area contributed by atoms with Crippen LogP contribution in [0.5, 0.6) is 0 Å². The molecular weight excluding hydrogens is 362 g/mol. The Labute approximate surface area is 160 Å². The lowest BCUT2D eigenvalue weighted by Crippen LogP contribution is -2.42. The van der Waals surface area contributed by atoms with Crippen LogP contribution in [0.1, 0.15) is 46.0 Å². The Kier molecular flexibility index (Phi) is 5.58. The maximum absolute atomic E-state index is 13.0. The lowest BCUT2D eigenvalue weighted by molar-refractivity contribution is 0.0872. The Hall–Kier alpha value is -2.31. The van der Waals surface area contributed by atoms with Crippen molar-refractivity contribution in [2.24, 2.45) is 5.92 Å². The molecular formula is C21H23NO4S. The zero-order valence-electron chi connectivity index (χ0n) is 15.5. The van der Waals surface area contributed by atoms with Crippen LogP contribution in [0.3, 0.4) is 0 Å². The van der Waals surface area contributed by atoms with Crippen LogP contribution in [-0.2, 0) is 10.0 Å². The topological polar surface area (TPSA) is 71.5 Å². The predicted molar refractivity (Wildman–Crippen MR) is 103 cm³/mol. The van der Waals surface area contributed by atoms with E-state index >= 15 is 0 Å². The minimum absolute atomic E-state index is 0.0209. The Morgan fingerprint density at radius 1 is 1.04 bits per heavy atom. The molecule has 2 aromatic carbocycles. The number of piperidine rings is 1. The second-order valence-corrected chi connectivity index (χ2v) is 8.95. The summed E-state index contributed by atoms with van der Waals surface area (Å²) in [5.41, 5.74) is 2.05. The van der Waals surface area contributed by atoms with Crippen molar-refractivity contribution in [1.82, 2.24) is 4.31 Å². The highest BCUT2D eigenvalue weighted by atomic mass is 32.2. The fraction of sp³-hybridized carbons (Fsp3) is 0.333. The molecule has 142 valence electrons. The number of Topliss-reactive ketones (excluding diaryl/α,β-unsaturated/α-hetero) is 2. The molecule has 27 heavy (non-hydrogen) atoms. The van der Waals surface area contributed by atoms with Gasteiger partial charge in [0.1, 0.15) is 0 Å². The molecule has 1 heterocycles. The van der Waals surface area contributed by atoms with Gasteiger partial charge in [0.2, 0.25) is 10.0 Å². The largest absolute Gasteiger partial charge is 0.295 e. The number of carbonyl (C=O) groups is 2. The number of hydrogen-bond acceptors (Lipinski definition) is 4. The molecule has 0 radical (unpaired) electrons.